The second-order valence-electron chi connectivity index (χ2n) is 9.42. The van der Waals surface area contributed by atoms with Crippen molar-refractivity contribution < 1.29 is 14.3 Å². The number of hydrogen-bond donors (Lipinski definition) is 1. The first-order valence-electron chi connectivity index (χ1n) is 11.6. The van der Waals surface area contributed by atoms with Gasteiger partial charge in [0, 0.05) is 11.6 Å². The minimum Gasteiger partial charge on any atom is -0.443 e. The van der Waals surface area contributed by atoms with E-state index in [0.717, 1.165) is 39.6 Å². The lowest BCUT2D eigenvalue weighted by molar-refractivity contribution is 0.0544. The molecule has 1 atom stereocenters. The fourth-order valence-corrected chi connectivity index (χ4v) is 4.10. The first-order valence-corrected chi connectivity index (χ1v) is 11.6. The number of rotatable bonds is 7. The predicted octanol–water partition coefficient (Wildman–Crippen LogP) is 6.23. The summed E-state index contributed by atoms with van der Waals surface area (Å²) in [6, 6.07) is 25.7. The molecule has 0 fully saturated rings. The Bertz CT molecular complexity index is 1260. The van der Waals surface area contributed by atoms with E-state index in [4.69, 9.17) is 15.2 Å². The Balaban J connectivity index is 1.57. The number of aromatic nitrogens is 1. The lowest BCUT2D eigenvalue weighted by Gasteiger charge is -2.19. The van der Waals surface area contributed by atoms with Gasteiger partial charge in [0.25, 0.3) is 0 Å². The molecular formula is C29H32N2O3. The van der Waals surface area contributed by atoms with Gasteiger partial charge in [0.05, 0.1) is 24.8 Å². The number of benzene rings is 3. The van der Waals surface area contributed by atoms with Crippen LogP contribution < -0.4 is 5.73 Å². The summed E-state index contributed by atoms with van der Waals surface area (Å²) < 4.78 is 13.1. The highest BCUT2D eigenvalue weighted by Gasteiger charge is 2.23. The molecule has 2 N–H and O–H groups in total. The normalized spacial score (nSPS) is 12.6. The number of ether oxygens (including phenoxy) is 2. The van der Waals surface area contributed by atoms with Crippen LogP contribution in [0.1, 0.15) is 49.1 Å². The monoisotopic (exact) mass is 456 g/mol. The maximum absolute atomic E-state index is 12.9. The van der Waals surface area contributed by atoms with E-state index >= 15 is 0 Å². The average molecular weight is 457 g/mol. The van der Waals surface area contributed by atoms with Crippen LogP contribution >= 0.6 is 0 Å². The molecule has 0 aliphatic carbocycles. The summed E-state index contributed by atoms with van der Waals surface area (Å²) in [5.74, 6) is 0. The second kappa shape index (κ2) is 10.2. The number of carbonyl (C=O) groups is 1. The van der Waals surface area contributed by atoms with Crippen molar-refractivity contribution in [2.24, 2.45) is 5.73 Å². The number of carbonyl (C=O) groups excluding carboxylic acids is 1. The first kappa shape index (κ1) is 23.7. The molecule has 0 amide bonds. The van der Waals surface area contributed by atoms with Crippen LogP contribution in [0.15, 0.2) is 85.1 Å². The Hall–Kier alpha value is -3.41. The van der Waals surface area contributed by atoms with Gasteiger partial charge in [0.2, 0.25) is 0 Å². The van der Waals surface area contributed by atoms with Crippen molar-refractivity contribution in [3.63, 3.8) is 0 Å². The van der Waals surface area contributed by atoms with Crippen LogP contribution in [0, 0.1) is 0 Å². The van der Waals surface area contributed by atoms with Gasteiger partial charge < -0.3 is 15.2 Å². The highest BCUT2D eigenvalue weighted by molar-refractivity contribution is 5.92. The molecule has 4 aromatic rings. The fraction of sp³-hybridized carbons (Fsp3) is 0.276. The van der Waals surface area contributed by atoms with E-state index in [9.17, 15) is 4.79 Å². The highest BCUT2D eigenvalue weighted by Crippen LogP contribution is 2.31. The third-order valence-corrected chi connectivity index (χ3v) is 5.69. The Labute approximate surface area is 201 Å². The molecule has 1 aromatic heterocycles. The van der Waals surface area contributed by atoms with Gasteiger partial charge in [-0.25, -0.2) is 4.79 Å². The minimum atomic E-state index is -0.586. The summed E-state index contributed by atoms with van der Waals surface area (Å²) in [7, 11) is 0. The standard InChI is InChI=1S/C29H32N2O3/c1-29(2,3)34-28(32)31-19-25(24-15-9-10-16-26(24)31)27(30)23-14-8-7-13-22(23)17-18-33-20-21-11-5-4-6-12-21/h4-16,19,27H,17-18,20,30H2,1-3H3/t27-/m0/s1. The van der Waals surface area contributed by atoms with Crippen LogP contribution in [0.25, 0.3) is 10.9 Å². The van der Waals surface area contributed by atoms with Crippen molar-refractivity contribution in [1.82, 2.24) is 4.57 Å². The van der Waals surface area contributed by atoms with Crippen molar-refractivity contribution in [3.8, 4) is 0 Å². The van der Waals surface area contributed by atoms with E-state index in [2.05, 4.69) is 24.3 Å². The Morgan fingerprint density at radius 3 is 2.35 bits per heavy atom. The molecular weight excluding hydrogens is 424 g/mol. The van der Waals surface area contributed by atoms with Crippen LogP contribution in [0.2, 0.25) is 0 Å². The highest BCUT2D eigenvalue weighted by atomic mass is 16.6. The summed E-state index contributed by atoms with van der Waals surface area (Å²) in [5, 5.41) is 0.941. The molecule has 3 aromatic carbocycles. The Morgan fingerprint density at radius 1 is 0.912 bits per heavy atom. The molecule has 0 saturated heterocycles. The molecule has 0 aliphatic rings. The molecule has 0 saturated carbocycles. The zero-order valence-electron chi connectivity index (χ0n) is 20.0. The van der Waals surface area contributed by atoms with Crippen molar-refractivity contribution in [3.05, 3.63) is 107 Å². The summed E-state index contributed by atoms with van der Waals surface area (Å²) in [6.07, 6.45) is 2.15. The van der Waals surface area contributed by atoms with Crippen LogP contribution in [0.5, 0.6) is 0 Å². The molecule has 176 valence electrons. The van der Waals surface area contributed by atoms with Gasteiger partial charge in [-0.2, -0.15) is 0 Å². The third-order valence-electron chi connectivity index (χ3n) is 5.69. The number of hydrogen-bond acceptors (Lipinski definition) is 4. The number of nitrogens with two attached hydrogens (primary N) is 1. The van der Waals surface area contributed by atoms with Crippen LogP contribution in [-0.2, 0) is 22.5 Å². The van der Waals surface area contributed by atoms with Crippen LogP contribution in [0.4, 0.5) is 4.79 Å². The molecule has 0 bridgehead atoms. The second-order valence-corrected chi connectivity index (χ2v) is 9.42. The van der Waals surface area contributed by atoms with Crippen molar-refractivity contribution in [2.75, 3.05) is 6.61 Å². The van der Waals surface area contributed by atoms with E-state index in [1.54, 1.807) is 4.57 Å². The van der Waals surface area contributed by atoms with E-state index in [1.165, 1.54) is 0 Å². The van der Waals surface area contributed by atoms with E-state index in [-0.39, 0.29) is 6.04 Å². The topological polar surface area (TPSA) is 66.5 Å². The predicted molar refractivity (Wildman–Crippen MR) is 136 cm³/mol. The summed E-state index contributed by atoms with van der Waals surface area (Å²) >= 11 is 0. The van der Waals surface area contributed by atoms with Gasteiger partial charge in [-0.05, 0) is 55.5 Å². The van der Waals surface area contributed by atoms with E-state index in [1.807, 2.05) is 81.6 Å². The quantitative estimate of drug-likeness (QED) is 0.335. The maximum atomic E-state index is 12.9. The van der Waals surface area contributed by atoms with E-state index in [0.29, 0.717) is 13.2 Å². The lowest BCUT2D eigenvalue weighted by atomic mass is 9.93. The SMILES string of the molecule is CC(C)(C)OC(=O)n1cc([C@@H](N)c2ccccc2CCOCc2ccccc2)c2ccccc21. The zero-order chi connectivity index (χ0) is 24.1. The number of para-hydroxylation sites is 1. The molecule has 0 unspecified atom stereocenters. The van der Waals surface area contributed by atoms with Gasteiger partial charge in [0.15, 0.2) is 0 Å². The van der Waals surface area contributed by atoms with Gasteiger partial charge in [0.1, 0.15) is 5.60 Å². The fourth-order valence-electron chi connectivity index (χ4n) is 4.10. The van der Waals surface area contributed by atoms with Crippen LogP contribution in [-0.4, -0.2) is 22.9 Å². The van der Waals surface area contributed by atoms with E-state index < -0.39 is 11.7 Å². The largest absolute Gasteiger partial charge is 0.443 e. The van der Waals surface area contributed by atoms with Gasteiger partial charge in [-0.15, -0.1) is 0 Å². The molecule has 5 nitrogen and oxygen atoms in total. The van der Waals surface area contributed by atoms with Gasteiger partial charge in [-0.1, -0.05) is 72.8 Å². The maximum Gasteiger partial charge on any atom is 0.419 e. The zero-order valence-corrected chi connectivity index (χ0v) is 20.0. The van der Waals surface area contributed by atoms with Crippen molar-refractivity contribution in [1.29, 1.82) is 0 Å². The lowest BCUT2D eigenvalue weighted by Crippen LogP contribution is -2.26. The molecule has 0 spiro atoms. The van der Waals surface area contributed by atoms with Gasteiger partial charge in [-0.3, -0.25) is 4.57 Å². The minimum absolute atomic E-state index is 0.390. The average Bonchev–Trinajstić information content (AvgIpc) is 3.21. The van der Waals surface area contributed by atoms with Gasteiger partial charge >= 0.3 is 6.09 Å². The molecule has 5 heteroatoms. The smallest absolute Gasteiger partial charge is 0.419 e. The number of fused-ring (bicyclic) bond motifs is 1. The summed E-state index contributed by atoms with van der Waals surface area (Å²) in [5.41, 5.74) is 11.2. The Morgan fingerprint density at radius 2 is 1.59 bits per heavy atom. The molecule has 0 aliphatic heterocycles. The molecule has 1 heterocycles. The van der Waals surface area contributed by atoms with Crippen LogP contribution in [0.3, 0.4) is 0 Å². The molecule has 34 heavy (non-hydrogen) atoms. The third kappa shape index (κ3) is 5.56. The molecule has 0 radical (unpaired) electrons. The summed E-state index contributed by atoms with van der Waals surface area (Å²) in [6.45, 7) is 6.76. The van der Waals surface area contributed by atoms with Crippen molar-refractivity contribution >= 4 is 17.0 Å². The first-order chi connectivity index (χ1) is 16.3. The Kier molecular flexibility index (Phi) is 7.15. The summed E-state index contributed by atoms with van der Waals surface area (Å²) in [4.78, 5) is 12.9. The molecule has 4 rings (SSSR count). The van der Waals surface area contributed by atoms with Crippen molar-refractivity contribution in [2.45, 2.75) is 45.4 Å². The number of nitrogens with zero attached hydrogens (tertiary/aromatic N) is 1.